The summed E-state index contributed by atoms with van der Waals surface area (Å²) in [5.41, 5.74) is 0.354. The molecule has 2 heterocycles. The van der Waals surface area contributed by atoms with Crippen LogP contribution >= 0.6 is 0 Å². The Hall–Kier alpha value is -2.05. The molecule has 1 saturated carbocycles. The Balaban J connectivity index is 2.00. The molecule has 1 fully saturated rings. The fourth-order valence-electron chi connectivity index (χ4n) is 3.68. The number of hydrogen-bond acceptors (Lipinski definition) is 2. The van der Waals surface area contributed by atoms with E-state index in [1.165, 1.54) is 10.5 Å². The van der Waals surface area contributed by atoms with Crippen LogP contribution in [0.4, 0.5) is 13.2 Å². The molecule has 2 aromatic rings. The molecule has 1 aliphatic carbocycles. The van der Waals surface area contributed by atoms with Crippen molar-refractivity contribution in [2.24, 2.45) is 5.92 Å². The first-order valence-corrected chi connectivity index (χ1v) is 9.20. The number of halogens is 3. The second-order valence-corrected chi connectivity index (χ2v) is 7.14. The van der Waals surface area contributed by atoms with Gasteiger partial charge in [0.25, 0.3) is 5.91 Å². The lowest BCUT2D eigenvalue weighted by Crippen LogP contribution is -2.41. The Labute approximate surface area is 150 Å². The number of pyridine rings is 1. The molecule has 142 valence electrons. The molecular weight excluding hydrogens is 343 g/mol. The molecule has 1 N–H and O–H groups in total. The highest BCUT2D eigenvalue weighted by Gasteiger charge is 2.32. The van der Waals surface area contributed by atoms with Crippen LogP contribution in [0.15, 0.2) is 18.3 Å². The topological polar surface area (TPSA) is 46.4 Å². The number of aryl methyl sites for hydroxylation is 1. The predicted octanol–water partition coefficient (Wildman–Crippen LogP) is 4.61. The Morgan fingerprint density at radius 2 is 2.04 bits per heavy atom. The van der Waals surface area contributed by atoms with E-state index < -0.39 is 11.7 Å². The average molecular weight is 367 g/mol. The number of alkyl halides is 3. The third-order valence-corrected chi connectivity index (χ3v) is 5.15. The molecule has 2 unspecified atom stereocenters. The summed E-state index contributed by atoms with van der Waals surface area (Å²) < 4.78 is 40.6. The Bertz CT molecular complexity index is 797. The van der Waals surface area contributed by atoms with Crippen molar-refractivity contribution in [2.45, 2.75) is 64.6 Å². The highest BCUT2D eigenvalue weighted by molar-refractivity contribution is 5.95. The lowest BCUT2D eigenvalue weighted by atomic mass is 9.86. The molecule has 1 amide bonds. The quantitative estimate of drug-likeness (QED) is 0.857. The summed E-state index contributed by atoms with van der Waals surface area (Å²) in [6, 6.07) is 2.38. The van der Waals surface area contributed by atoms with Crippen LogP contribution in [0.3, 0.4) is 0 Å². The number of nitrogens with one attached hydrogen (secondary N) is 1. The molecule has 3 rings (SSSR count). The zero-order valence-corrected chi connectivity index (χ0v) is 15.1. The summed E-state index contributed by atoms with van der Waals surface area (Å²) in [4.78, 5) is 17.3. The van der Waals surface area contributed by atoms with Gasteiger partial charge < -0.3 is 5.32 Å². The van der Waals surface area contributed by atoms with Crippen LogP contribution in [-0.4, -0.2) is 21.3 Å². The van der Waals surface area contributed by atoms with Crippen molar-refractivity contribution in [3.8, 4) is 0 Å². The summed E-state index contributed by atoms with van der Waals surface area (Å²) in [5, 5.41) is 3.04. The van der Waals surface area contributed by atoms with E-state index in [9.17, 15) is 18.0 Å². The first-order chi connectivity index (χ1) is 12.3. The lowest BCUT2D eigenvalue weighted by Gasteiger charge is -2.29. The van der Waals surface area contributed by atoms with Crippen LogP contribution in [0.5, 0.6) is 0 Å². The van der Waals surface area contributed by atoms with E-state index in [0.29, 0.717) is 23.7 Å². The smallest absolute Gasteiger partial charge is 0.348 e. The zero-order valence-electron chi connectivity index (χ0n) is 15.1. The predicted molar refractivity (Wildman–Crippen MR) is 93.1 cm³/mol. The third-order valence-electron chi connectivity index (χ3n) is 5.15. The van der Waals surface area contributed by atoms with Gasteiger partial charge in [-0.15, -0.1) is 0 Å². The summed E-state index contributed by atoms with van der Waals surface area (Å²) in [7, 11) is 0. The van der Waals surface area contributed by atoms with E-state index in [1.807, 2.05) is 6.92 Å². The molecule has 0 aliphatic heterocycles. The minimum Gasteiger partial charge on any atom is -0.348 e. The van der Waals surface area contributed by atoms with Gasteiger partial charge in [0.1, 0.15) is 11.3 Å². The molecule has 2 atom stereocenters. The van der Waals surface area contributed by atoms with Gasteiger partial charge in [-0.25, -0.2) is 4.98 Å². The van der Waals surface area contributed by atoms with E-state index in [1.54, 1.807) is 0 Å². The highest BCUT2D eigenvalue weighted by Crippen LogP contribution is 2.30. The largest absolute Gasteiger partial charge is 0.417 e. The van der Waals surface area contributed by atoms with Crippen LogP contribution in [-0.2, 0) is 12.6 Å². The molecule has 0 bridgehead atoms. The number of aromatic nitrogens is 2. The summed E-state index contributed by atoms with van der Waals surface area (Å²) in [6.45, 7) is 4.06. The number of imidazole rings is 1. The SMILES string of the molecule is CCCc1nc2ccc(C(F)(F)F)cn2c1C(=O)NC1CCCCC1C. The molecule has 0 radical (unpaired) electrons. The van der Waals surface area contributed by atoms with Gasteiger partial charge >= 0.3 is 6.18 Å². The fourth-order valence-corrected chi connectivity index (χ4v) is 3.68. The third kappa shape index (κ3) is 3.71. The second-order valence-electron chi connectivity index (χ2n) is 7.14. The van der Waals surface area contributed by atoms with Crippen molar-refractivity contribution in [1.82, 2.24) is 14.7 Å². The Morgan fingerprint density at radius 3 is 2.69 bits per heavy atom. The number of hydrogen-bond donors (Lipinski definition) is 1. The molecule has 2 aromatic heterocycles. The highest BCUT2D eigenvalue weighted by atomic mass is 19.4. The molecule has 0 spiro atoms. The van der Waals surface area contributed by atoms with Crippen molar-refractivity contribution in [2.75, 3.05) is 0 Å². The number of carbonyl (C=O) groups excluding carboxylic acids is 1. The molecule has 7 heteroatoms. The molecule has 1 aliphatic rings. The number of nitrogens with zero attached hydrogens (tertiary/aromatic N) is 2. The maximum absolute atomic E-state index is 13.1. The Kier molecular flexibility index (Phi) is 5.25. The van der Waals surface area contributed by atoms with Crippen molar-refractivity contribution in [3.63, 3.8) is 0 Å². The standard InChI is InChI=1S/C19H24F3N3O/c1-3-6-15-17(18(26)24-14-8-5-4-7-12(14)2)25-11-13(19(20,21)22)9-10-16(25)23-15/h9-12,14H,3-8H2,1-2H3,(H,24,26). The lowest BCUT2D eigenvalue weighted by molar-refractivity contribution is -0.137. The van der Waals surface area contributed by atoms with Gasteiger partial charge in [0.2, 0.25) is 0 Å². The zero-order chi connectivity index (χ0) is 18.9. The molecular formula is C19H24F3N3O. The molecule has 0 saturated heterocycles. The maximum Gasteiger partial charge on any atom is 0.417 e. The molecule has 0 aromatic carbocycles. The van der Waals surface area contributed by atoms with Crippen molar-refractivity contribution >= 4 is 11.6 Å². The van der Waals surface area contributed by atoms with Gasteiger partial charge in [0.05, 0.1) is 11.3 Å². The first kappa shape index (κ1) is 18.7. The summed E-state index contributed by atoms with van der Waals surface area (Å²) >= 11 is 0. The number of rotatable bonds is 4. The number of carbonyl (C=O) groups is 1. The minimum atomic E-state index is -4.46. The van der Waals surface area contributed by atoms with Crippen molar-refractivity contribution in [3.05, 3.63) is 35.3 Å². The monoisotopic (exact) mass is 367 g/mol. The van der Waals surface area contributed by atoms with Crippen LogP contribution in [0.25, 0.3) is 5.65 Å². The van der Waals surface area contributed by atoms with Gasteiger partial charge in [-0.1, -0.05) is 33.1 Å². The summed E-state index contributed by atoms with van der Waals surface area (Å²) in [6.07, 6.45) is 1.98. The normalized spacial score (nSPS) is 21.1. The van der Waals surface area contributed by atoms with E-state index in [0.717, 1.165) is 44.4 Å². The van der Waals surface area contributed by atoms with Crippen LogP contribution in [0.2, 0.25) is 0 Å². The van der Waals surface area contributed by atoms with Gasteiger partial charge in [0.15, 0.2) is 0 Å². The van der Waals surface area contributed by atoms with Crippen molar-refractivity contribution < 1.29 is 18.0 Å². The van der Waals surface area contributed by atoms with Gasteiger partial charge in [-0.2, -0.15) is 13.2 Å². The van der Waals surface area contributed by atoms with Gasteiger partial charge in [0, 0.05) is 12.2 Å². The van der Waals surface area contributed by atoms with Gasteiger partial charge in [-0.3, -0.25) is 9.20 Å². The molecule has 26 heavy (non-hydrogen) atoms. The second kappa shape index (κ2) is 7.29. The Morgan fingerprint density at radius 1 is 1.31 bits per heavy atom. The average Bonchev–Trinajstić information content (AvgIpc) is 2.93. The van der Waals surface area contributed by atoms with E-state index >= 15 is 0 Å². The van der Waals surface area contributed by atoms with Gasteiger partial charge in [-0.05, 0) is 37.3 Å². The van der Waals surface area contributed by atoms with E-state index in [-0.39, 0.29) is 17.6 Å². The van der Waals surface area contributed by atoms with Crippen LogP contribution in [0, 0.1) is 5.92 Å². The van der Waals surface area contributed by atoms with Crippen LogP contribution in [0.1, 0.15) is 67.7 Å². The van der Waals surface area contributed by atoms with E-state index in [2.05, 4.69) is 17.2 Å². The number of fused-ring (bicyclic) bond motifs is 1. The van der Waals surface area contributed by atoms with Crippen LogP contribution < -0.4 is 5.32 Å². The minimum absolute atomic E-state index is 0.0575. The number of amides is 1. The molecule has 4 nitrogen and oxygen atoms in total. The fraction of sp³-hybridized carbons (Fsp3) is 0.579. The first-order valence-electron chi connectivity index (χ1n) is 9.20. The van der Waals surface area contributed by atoms with E-state index in [4.69, 9.17) is 0 Å². The maximum atomic E-state index is 13.1. The van der Waals surface area contributed by atoms with Crippen molar-refractivity contribution in [1.29, 1.82) is 0 Å². The summed E-state index contributed by atoms with van der Waals surface area (Å²) in [5.74, 6) is 0.0336.